The Kier molecular flexibility index (Phi) is 16.9. The molecule has 27 heteroatoms. The summed E-state index contributed by atoms with van der Waals surface area (Å²) < 4.78 is 38.3. The Balaban J connectivity index is 1.48. The SMILES string of the molecule is Cc1nc(-c2c(O)cc3c(c2O)CCC3(C)C)nc(N)c1C(=O)N[C@@H](CNS(N)(=O)=O)C(=O)N(C)[C@@H]1C(=O)N[C@@H](C)C(=O)N[C@H](C(=O)O)Cc2ccc(OC[C@H](O)CN)c(c2)-c2cc1cc(OC[C@H](O)CN)c2O. The number of aliphatic carboxylic acids is 1. The van der Waals surface area contributed by atoms with Crippen molar-refractivity contribution in [3.05, 3.63) is 69.9 Å². The van der Waals surface area contributed by atoms with Crippen LogP contribution in [0.15, 0.2) is 36.4 Å². The monoisotopic (exact) mass is 1050 g/mol. The van der Waals surface area contributed by atoms with Gasteiger partial charge in [0.25, 0.3) is 16.1 Å². The van der Waals surface area contributed by atoms with E-state index in [2.05, 4.69) is 25.9 Å². The van der Waals surface area contributed by atoms with Gasteiger partial charge in [0.05, 0.1) is 5.69 Å². The Bertz CT molecular complexity index is 2950. The number of hydrogen-bond acceptors (Lipinski definition) is 19. The maximum absolute atomic E-state index is 14.9. The molecule has 4 bridgehead atoms. The Morgan fingerprint density at radius 3 is 2.19 bits per heavy atom. The summed E-state index contributed by atoms with van der Waals surface area (Å²) in [6.45, 7) is 4.18. The lowest BCUT2D eigenvalue weighted by atomic mass is 9.86. The molecule has 0 spiro atoms. The normalized spacial score (nSPS) is 18.6. The second-order valence-corrected chi connectivity index (χ2v) is 20.1. The van der Waals surface area contributed by atoms with E-state index in [-0.39, 0.29) is 88.1 Å². The molecule has 0 fully saturated rings. The fourth-order valence-corrected chi connectivity index (χ4v) is 9.03. The smallest absolute Gasteiger partial charge is 0.326 e. The van der Waals surface area contributed by atoms with Crippen LogP contribution >= 0.6 is 0 Å². The van der Waals surface area contributed by atoms with Crippen LogP contribution in [0.25, 0.3) is 22.5 Å². The molecule has 4 aromatic rings. The minimum atomic E-state index is -4.60. The topological polar surface area (TPSA) is 441 Å². The standard InChI is InChI=1S/C47H61N11O15S/c1-20-35(40(50)57-41(53-20)36-32(61)14-29-26(39(36)63)8-9-47(29,3)4)43(65)56-31(17-52-74(51,70)71)45(67)58(5)37-23-12-28(38(62)34(13-23)73-19-25(60)16-49)27-10-22(6-7-33(27)72-18-24(59)15-48)11-30(46(68)69)55-42(64)21(2)54-44(37)66/h6-7,10,12-14,21,24-25,30-31,37,52,59-63H,8-9,11,15-19,48-49H2,1-5H3,(H,54,66)(H,55,64)(H,56,65)(H,68,69)(H2,50,53,57)(H2,51,70,71)/t21-,24+,25+,30-,31-,37-/m0/s1. The predicted molar refractivity (Wildman–Crippen MR) is 265 cm³/mol. The first-order valence-corrected chi connectivity index (χ1v) is 24.6. The maximum atomic E-state index is 14.9. The number of aromatic nitrogens is 2. The minimum absolute atomic E-state index is 0.0126. The van der Waals surface area contributed by atoms with Gasteiger partial charge in [-0.05, 0) is 84.7 Å². The number of nitrogen functional groups attached to an aromatic ring is 1. The second-order valence-electron chi connectivity index (χ2n) is 18.7. The first-order valence-electron chi connectivity index (χ1n) is 23.1. The van der Waals surface area contributed by atoms with Crippen molar-refractivity contribution in [2.24, 2.45) is 16.6 Å². The van der Waals surface area contributed by atoms with E-state index in [1.54, 1.807) is 0 Å². The molecular formula is C47H61N11O15S. The van der Waals surface area contributed by atoms with Crippen LogP contribution in [0.5, 0.6) is 28.7 Å². The van der Waals surface area contributed by atoms with E-state index in [1.165, 1.54) is 44.2 Å². The highest BCUT2D eigenvalue weighted by molar-refractivity contribution is 7.87. The van der Waals surface area contributed by atoms with Crippen LogP contribution in [0.3, 0.4) is 0 Å². The second kappa shape index (κ2) is 22.4. The summed E-state index contributed by atoms with van der Waals surface area (Å²) in [7, 11) is -3.51. The van der Waals surface area contributed by atoms with Gasteiger partial charge in [0, 0.05) is 44.2 Å². The number of amides is 4. The van der Waals surface area contributed by atoms with Crippen LogP contribution in [0.2, 0.25) is 0 Å². The number of carboxylic acid groups (broad SMARTS) is 1. The molecule has 6 atom stereocenters. The highest BCUT2D eigenvalue weighted by Gasteiger charge is 2.39. The van der Waals surface area contributed by atoms with E-state index in [4.69, 9.17) is 31.8 Å². The largest absolute Gasteiger partial charge is 0.507 e. The number of carbonyl (C=O) groups is 5. The van der Waals surface area contributed by atoms with Gasteiger partial charge in [-0.25, -0.2) is 19.9 Å². The van der Waals surface area contributed by atoms with Gasteiger partial charge < -0.3 is 78.2 Å². The number of rotatable bonds is 17. The summed E-state index contributed by atoms with van der Waals surface area (Å²) in [4.78, 5) is 79.3. The van der Waals surface area contributed by atoms with Crippen LogP contribution in [0, 0.1) is 6.92 Å². The number of aliphatic hydroxyl groups is 2. The number of aryl methyl sites for hydroxylation is 1. The van der Waals surface area contributed by atoms with E-state index in [0.717, 1.165) is 23.6 Å². The molecule has 6 rings (SSSR count). The number of likely N-dealkylation sites (N-methyl/N-ethyl adjacent to an activating group) is 1. The number of aliphatic hydroxyl groups excluding tert-OH is 2. The zero-order valence-electron chi connectivity index (χ0n) is 41.0. The quantitative estimate of drug-likeness (QED) is 0.0552. The molecule has 2 heterocycles. The van der Waals surface area contributed by atoms with E-state index < -0.39 is 112 Å². The molecule has 74 heavy (non-hydrogen) atoms. The van der Waals surface area contributed by atoms with Gasteiger partial charge >= 0.3 is 5.97 Å². The lowest BCUT2D eigenvalue weighted by Crippen LogP contribution is -2.57. The van der Waals surface area contributed by atoms with Gasteiger partial charge in [-0.15, -0.1) is 0 Å². The minimum Gasteiger partial charge on any atom is -0.507 e. The van der Waals surface area contributed by atoms with Crippen molar-refractivity contribution < 1.29 is 72.5 Å². The van der Waals surface area contributed by atoms with E-state index >= 15 is 0 Å². The van der Waals surface area contributed by atoms with Crippen molar-refractivity contribution in [1.82, 2.24) is 35.5 Å². The van der Waals surface area contributed by atoms with Crippen molar-refractivity contribution in [2.75, 3.05) is 45.6 Å². The molecule has 3 aromatic carbocycles. The zero-order valence-corrected chi connectivity index (χ0v) is 41.8. The van der Waals surface area contributed by atoms with Gasteiger partial charge in [-0.1, -0.05) is 19.9 Å². The fourth-order valence-electron chi connectivity index (χ4n) is 8.63. The van der Waals surface area contributed by atoms with Crippen molar-refractivity contribution >= 4 is 45.6 Å². The number of nitrogens with zero attached hydrogens (tertiary/aromatic N) is 3. The number of phenols is 3. The Labute approximate surface area is 424 Å². The molecule has 18 N–H and O–H groups in total. The van der Waals surface area contributed by atoms with E-state index in [1.807, 2.05) is 18.6 Å². The van der Waals surface area contributed by atoms with Crippen LogP contribution in [0.4, 0.5) is 5.82 Å². The molecule has 0 saturated carbocycles. The van der Waals surface area contributed by atoms with Crippen molar-refractivity contribution in [2.45, 2.75) is 88.7 Å². The lowest BCUT2D eigenvalue weighted by molar-refractivity contribution is -0.143. The van der Waals surface area contributed by atoms with Crippen LogP contribution < -0.4 is 52.5 Å². The van der Waals surface area contributed by atoms with Gasteiger partial charge in [-0.3, -0.25) is 19.2 Å². The summed E-state index contributed by atoms with van der Waals surface area (Å²) >= 11 is 0. The van der Waals surface area contributed by atoms with Crippen molar-refractivity contribution in [1.29, 1.82) is 0 Å². The average Bonchev–Trinajstić information content (AvgIpc) is 3.63. The number of fused-ring (bicyclic) bond motifs is 6. The Hall–Kier alpha value is -7.40. The summed E-state index contributed by atoms with van der Waals surface area (Å²) in [5.74, 6) is -8.27. The number of benzene rings is 3. The number of phenolic OH excluding ortho intramolecular Hbond substituents is 3. The molecular weight excluding hydrogens is 991 g/mol. The van der Waals surface area contributed by atoms with Gasteiger partial charge in [0.15, 0.2) is 17.3 Å². The first-order chi connectivity index (χ1) is 34.7. The number of carbonyl (C=O) groups excluding carboxylic acids is 4. The number of carboxylic acids is 1. The number of anilines is 1. The highest BCUT2D eigenvalue weighted by atomic mass is 32.2. The summed E-state index contributed by atoms with van der Waals surface area (Å²) in [6, 6.07) is 1.22. The third-order valence-corrected chi connectivity index (χ3v) is 13.3. The van der Waals surface area contributed by atoms with Gasteiger partial charge in [0.2, 0.25) is 17.7 Å². The van der Waals surface area contributed by atoms with Gasteiger partial charge in [-0.2, -0.15) is 13.1 Å². The molecule has 2 aliphatic rings. The number of aromatic hydroxyl groups is 3. The highest BCUT2D eigenvalue weighted by Crippen LogP contribution is 2.50. The lowest BCUT2D eigenvalue weighted by Gasteiger charge is -2.33. The number of hydrogen-bond donors (Lipinski definition) is 14. The number of nitrogens with one attached hydrogen (secondary N) is 4. The zero-order chi connectivity index (χ0) is 54.7. The molecule has 400 valence electrons. The van der Waals surface area contributed by atoms with Crippen molar-refractivity contribution in [3.8, 4) is 51.3 Å². The van der Waals surface area contributed by atoms with Crippen LogP contribution in [-0.2, 0) is 47.6 Å². The molecule has 1 aliphatic carbocycles. The van der Waals surface area contributed by atoms with E-state index in [0.29, 0.717) is 18.4 Å². The molecule has 0 saturated heterocycles. The average molecular weight is 1050 g/mol. The summed E-state index contributed by atoms with van der Waals surface area (Å²) in [5.41, 5.74) is 17.8. The number of nitrogens with two attached hydrogens (primary N) is 4. The summed E-state index contributed by atoms with van der Waals surface area (Å²) in [6.07, 6.45) is -1.60. The Morgan fingerprint density at radius 1 is 0.932 bits per heavy atom. The fraction of sp³-hybridized carbons (Fsp3) is 0.426. The Morgan fingerprint density at radius 2 is 1.58 bits per heavy atom. The predicted octanol–water partition coefficient (Wildman–Crippen LogP) is -1.84. The van der Waals surface area contributed by atoms with Crippen molar-refractivity contribution in [3.63, 3.8) is 0 Å². The first kappa shape index (κ1) is 55.9. The molecule has 26 nitrogen and oxygen atoms in total. The molecule has 0 radical (unpaired) electrons. The molecule has 4 amide bonds. The molecule has 0 unspecified atom stereocenters. The van der Waals surface area contributed by atoms with Crippen LogP contribution in [-0.4, -0.2) is 154 Å². The number of ether oxygens (including phenoxy) is 2. The maximum Gasteiger partial charge on any atom is 0.326 e. The van der Waals surface area contributed by atoms with Crippen LogP contribution in [0.1, 0.15) is 71.5 Å². The third kappa shape index (κ3) is 12.3. The molecule has 1 aliphatic heterocycles. The molecule has 1 aromatic heterocycles. The third-order valence-electron chi connectivity index (χ3n) is 12.7. The summed E-state index contributed by atoms with van der Waals surface area (Å²) in [5, 5.41) is 77.7. The van der Waals surface area contributed by atoms with E-state index in [9.17, 15) is 63.0 Å². The van der Waals surface area contributed by atoms with Gasteiger partial charge in [0.1, 0.15) is 83.8 Å².